The minimum Gasteiger partial charge on any atom is -0.496 e. The highest BCUT2D eigenvalue weighted by Gasteiger charge is 2.52. The van der Waals surface area contributed by atoms with Gasteiger partial charge >= 0.3 is 5.97 Å². The van der Waals surface area contributed by atoms with Crippen molar-refractivity contribution in [2.24, 2.45) is 5.92 Å². The zero-order valence-corrected chi connectivity index (χ0v) is 14.8. The molecule has 2 rings (SSSR count). The van der Waals surface area contributed by atoms with Crippen LogP contribution in [0.15, 0.2) is 24.3 Å². The predicted molar refractivity (Wildman–Crippen MR) is 89.7 cm³/mol. The van der Waals surface area contributed by atoms with E-state index in [1.165, 1.54) is 0 Å². The lowest BCUT2D eigenvalue weighted by Gasteiger charge is -2.47. The molecule has 24 heavy (non-hydrogen) atoms. The van der Waals surface area contributed by atoms with Gasteiger partial charge in [-0.05, 0) is 39.7 Å². The molecule has 130 valence electrons. The van der Waals surface area contributed by atoms with Crippen LogP contribution in [0.5, 0.6) is 5.75 Å². The van der Waals surface area contributed by atoms with Crippen LogP contribution in [0, 0.1) is 17.2 Å². The zero-order chi connectivity index (χ0) is 17.8. The van der Waals surface area contributed by atoms with Crippen molar-refractivity contribution in [3.8, 4) is 11.8 Å². The molecule has 1 fully saturated rings. The Morgan fingerprint density at radius 3 is 2.71 bits per heavy atom. The Kier molecular flexibility index (Phi) is 5.51. The number of benzene rings is 1. The molecule has 0 aromatic heterocycles. The second-order valence-corrected chi connectivity index (χ2v) is 6.71. The number of nitrogens with zero attached hydrogens (tertiary/aromatic N) is 1. The van der Waals surface area contributed by atoms with Gasteiger partial charge in [0.2, 0.25) is 0 Å². The van der Waals surface area contributed by atoms with E-state index in [-0.39, 0.29) is 6.61 Å². The largest absolute Gasteiger partial charge is 0.496 e. The normalized spacial score (nSPS) is 23.8. The number of esters is 1. The van der Waals surface area contributed by atoms with Crippen molar-refractivity contribution in [2.45, 2.75) is 44.6 Å². The Hall–Kier alpha value is -2.06. The molecular formula is C19H25NO4. The van der Waals surface area contributed by atoms with Crippen molar-refractivity contribution in [3.05, 3.63) is 29.8 Å². The number of rotatable bonds is 5. The van der Waals surface area contributed by atoms with Gasteiger partial charge in [-0.1, -0.05) is 18.2 Å². The molecule has 1 saturated heterocycles. The fraction of sp³-hybridized carbons (Fsp3) is 0.579. The summed E-state index contributed by atoms with van der Waals surface area (Å²) in [6, 6.07) is 9.78. The van der Waals surface area contributed by atoms with Gasteiger partial charge in [0.15, 0.2) is 5.92 Å². The number of ether oxygens (including phenoxy) is 3. The third-order valence-electron chi connectivity index (χ3n) is 4.63. The Bertz CT molecular complexity index is 634. The molecule has 1 aromatic rings. The van der Waals surface area contributed by atoms with Crippen molar-refractivity contribution >= 4 is 5.97 Å². The fourth-order valence-electron chi connectivity index (χ4n) is 3.72. The quantitative estimate of drug-likeness (QED) is 0.775. The first-order chi connectivity index (χ1) is 11.4. The molecule has 0 spiro atoms. The van der Waals surface area contributed by atoms with Gasteiger partial charge in [0, 0.05) is 17.6 Å². The van der Waals surface area contributed by atoms with Gasteiger partial charge in [-0.2, -0.15) is 5.26 Å². The fourth-order valence-corrected chi connectivity index (χ4v) is 3.72. The van der Waals surface area contributed by atoms with E-state index in [1.54, 1.807) is 14.0 Å². The van der Waals surface area contributed by atoms with Crippen LogP contribution in [0.25, 0.3) is 0 Å². The Balaban J connectivity index is 2.61. The average molecular weight is 331 g/mol. The summed E-state index contributed by atoms with van der Waals surface area (Å²) in [4.78, 5) is 12.5. The van der Waals surface area contributed by atoms with E-state index in [0.29, 0.717) is 25.2 Å². The van der Waals surface area contributed by atoms with Crippen molar-refractivity contribution in [1.29, 1.82) is 5.26 Å². The molecule has 2 atom stereocenters. The van der Waals surface area contributed by atoms with Crippen LogP contribution >= 0.6 is 0 Å². The Labute approximate surface area is 143 Å². The number of methoxy groups -OCH3 is 1. The van der Waals surface area contributed by atoms with Crippen molar-refractivity contribution < 1.29 is 19.0 Å². The summed E-state index contributed by atoms with van der Waals surface area (Å²) >= 11 is 0. The van der Waals surface area contributed by atoms with E-state index in [1.807, 2.05) is 38.1 Å². The first kappa shape index (κ1) is 18.3. The van der Waals surface area contributed by atoms with Gasteiger partial charge in [-0.15, -0.1) is 0 Å². The topological polar surface area (TPSA) is 68.6 Å². The second-order valence-electron chi connectivity index (χ2n) is 6.71. The Morgan fingerprint density at radius 2 is 2.12 bits per heavy atom. The minimum atomic E-state index is -0.906. The summed E-state index contributed by atoms with van der Waals surface area (Å²) < 4.78 is 16.6. The Morgan fingerprint density at radius 1 is 1.42 bits per heavy atom. The third kappa shape index (κ3) is 3.39. The molecule has 0 bridgehead atoms. The molecule has 5 nitrogen and oxygen atoms in total. The first-order valence-corrected chi connectivity index (χ1v) is 8.24. The van der Waals surface area contributed by atoms with Gasteiger partial charge in [0.25, 0.3) is 0 Å². The van der Waals surface area contributed by atoms with Gasteiger partial charge in [0.05, 0.1) is 25.4 Å². The number of hydrogen-bond acceptors (Lipinski definition) is 5. The maximum Gasteiger partial charge on any atom is 0.324 e. The van der Waals surface area contributed by atoms with Gasteiger partial charge in [-0.3, -0.25) is 4.79 Å². The molecule has 0 unspecified atom stereocenters. The average Bonchev–Trinajstić information content (AvgIpc) is 2.54. The monoisotopic (exact) mass is 331 g/mol. The van der Waals surface area contributed by atoms with E-state index in [2.05, 4.69) is 6.07 Å². The van der Waals surface area contributed by atoms with Crippen LogP contribution in [-0.2, 0) is 19.7 Å². The van der Waals surface area contributed by atoms with E-state index in [0.717, 1.165) is 5.56 Å². The highest BCUT2D eigenvalue weighted by molar-refractivity contribution is 5.78. The molecule has 0 N–H and O–H groups in total. The molecule has 1 aliphatic rings. The summed E-state index contributed by atoms with van der Waals surface area (Å²) in [5, 5.41) is 9.80. The molecule has 1 aromatic carbocycles. The maximum atomic E-state index is 12.5. The summed E-state index contributed by atoms with van der Waals surface area (Å²) in [6.07, 6.45) is 1.10. The van der Waals surface area contributed by atoms with Crippen LogP contribution in [0.1, 0.15) is 39.2 Å². The number of para-hydroxylation sites is 1. The molecule has 0 aliphatic carbocycles. The highest BCUT2D eigenvalue weighted by Crippen LogP contribution is 2.49. The van der Waals surface area contributed by atoms with Gasteiger partial charge < -0.3 is 14.2 Å². The van der Waals surface area contributed by atoms with Crippen LogP contribution in [0.4, 0.5) is 0 Å². The molecule has 0 saturated carbocycles. The summed E-state index contributed by atoms with van der Waals surface area (Å²) in [5.41, 5.74) is -0.278. The molecule has 1 aliphatic heterocycles. The first-order valence-electron chi connectivity index (χ1n) is 8.24. The summed E-state index contributed by atoms with van der Waals surface area (Å²) in [6.45, 7) is 6.43. The van der Waals surface area contributed by atoms with Crippen LogP contribution in [0.2, 0.25) is 0 Å². The number of nitriles is 1. The van der Waals surface area contributed by atoms with Gasteiger partial charge in [0.1, 0.15) is 5.75 Å². The second kappa shape index (κ2) is 7.23. The highest BCUT2D eigenvalue weighted by atomic mass is 16.5. The number of hydrogen-bond donors (Lipinski definition) is 0. The molecule has 0 radical (unpaired) electrons. The van der Waals surface area contributed by atoms with E-state index in [4.69, 9.17) is 14.2 Å². The molecule has 5 heteroatoms. The van der Waals surface area contributed by atoms with Crippen molar-refractivity contribution in [1.82, 2.24) is 0 Å². The van der Waals surface area contributed by atoms with Gasteiger partial charge in [-0.25, -0.2) is 0 Å². The number of carbonyl (C=O) groups is 1. The van der Waals surface area contributed by atoms with Crippen LogP contribution in [-0.4, -0.2) is 31.9 Å². The zero-order valence-electron chi connectivity index (χ0n) is 14.8. The predicted octanol–water partition coefficient (Wildman–Crippen LogP) is 3.22. The minimum absolute atomic E-state index is 0.249. The standard InChI is InChI=1S/C19H25NO4/c1-5-23-17(21)15(12-20)19(10-11-24-18(2,3)13-19)14-8-6-7-9-16(14)22-4/h6-9,15H,5,10-11,13H2,1-4H3/t15-,19-/m0/s1. The smallest absolute Gasteiger partial charge is 0.324 e. The lowest BCUT2D eigenvalue weighted by molar-refractivity contribution is -0.153. The molecule has 0 amide bonds. The molecule has 1 heterocycles. The SMILES string of the molecule is CCOC(=O)[C@H](C#N)[C@@]1(c2ccccc2OC)CCOC(C)(C)C1. The van der Waals surface area contributed by atoms with Crippen molar-refractivity contribution in [2.75, 3.05) is 20.3 Å². The summed E-state index contributed by atoms with van der Waals surface area (Å²) in [5.74, 6) is -0.708. The van der Waals surface area contributed by atoms with E-state index >= 15 is 0 Å². The number of carbonyl (C=O) groups excluding carboxylic acids is 1. The third-order valence-corrected chi connectivity index (χ3v) is 4.63. The molecular weight excluding hydrogens is 306 g/mol. The lowest BCUT2D eigenvalue weighted by Crippen LogP contribution is -2.50. The van der Waals surface area contributed by atoms with E-state index < -0.39 is 22.9 Å². The summed E-state index contributed by atoms with van der Waals surface area (Å²) in [7, 11) is 1.60. The van der Waals surface area contributed by atoms with E-state index in [9.17, 15) is 10.1 Å². The van der Waals surface area contributed by atoms with Crippen LogP contribution in [0.3, 0.4) is 0 Å². The van der Waals surface area contributed by atoms with Crippen molar-refractivity contribution in [3.63, 3.8) is 0 Å². The van der Waals surface area contributed by atoms with Crippen LogP contribution < -0.4 is 4.74 Å². The lowest BCUT2D eigenvalue weighted by atomic mass is 9.62. The maximum absolute atomic E-state index is 12.5.